The second-order valence-electron chi connectivity index (χ2n) is 8.02. The summed E-state index contributed by atoms with van der Waals surface area (Å²) in [5.41, 5.74) is 3.46. The van der Waals surface area contributed by atoms with Crippen LogP contribution in [0.25, 0.3) is 10.2 Å². The second-order valence-corrected chi connectivity index (χ2v) is 11.0. The van der Waals surface area contributed by atoms with Crippen molar-refractivity contribution in [2.24, 2.45) is 0 Å². The number of sulfone groups is 1. The molecule has 3 aromatic carbocycles. The Bertz CT molecular complexity index is 1360. The van der Waals surface area contributed by atoms with Crippen molar-refractivity contribution < 1.29 is 13.2 Å². The van der Waals surface area contributed by atoms with Gasteiger partial charge in [0.1, 0.15) is 0 Å². The molecule has 32 heavy (non-hydrogen) atoms. The van der Waals surface area contributed by atoms with Gasteiger partial charge in [-0.2, -0.15) is 0 Å². The lowest BCUT2D eigenvalue weighted by Crippen LogP contribution is -2.30. The number of hydrogen-bond acceptors (Lipinski definition) is 5. The molecule has 0 fully saturated rings. The van der Waals surface area contributed by atoms with E-state index in [1.165, 1.54) is 23.5 Å². The van der Waals surface area contributed by atoms with Crippen LogP contribution in [0.3, 0.4) is 0 Å². The first-order valence-electron chi connectivity index (χ1n) is 10.3. The molecule has 1 heterocycles. The Morgan fingerprint density at radius 2 is 1.66 bits per heavy atom. The van der Waals surface area contributed by atoms with E-state index in [0.717, 1.165) is 27.6 Å². The van der Waals surface area contributed by atoms with E-state index in [0.29, 0.717) is 23.2 Å². The molecule has 1 amide bonds. The quantitative estimate of drug-likeness (QED) is 0.369. The minimum atomic E-state index is -3.33. The Labute approximate surface area is 192 Å². The van der Waals surface area contributed by atoms with Crippen molar-refractivity contribution in [3.8, 4) is 0 Å². The zero-order valence-electron chi connectivity index (χ0n) is 18.1. The van der Waals surface area contributed by atoms with Crippen molar-refractivity contribution in [1.82, 2.24) is 4.98 Å². The van der Waals surface area contributed by atoms with E-state index in [4.69, 9.17) is 4.98 Å². The molecular weight excluding hydrogens is 440 g/mol. The highest BCUT2D eigenvalue weighted by Gasteiger charge is 2.23. The smallest absolute Gasteiger partial charge is 0.260 e. The van der Waals surface area contributed by atoms with Crippen LogP contribution in [-0.4, -0.2) is 25.6 Å². The van der Waals surface area contributed by atoms with Gasteiger partial charge in [0, 0.05) is 11.8 Å². The first-order chi connectivity index (χ1) is 15.2. The third-order valence-corrected chi connectivity index (χ3v) is 7.42. The van der Waals surface area contributed by atoms with E-state index in [2.05, 4.69) is 19.9 Å². The summed E-state index contributed by atoms with van der Waals surface area (Å²) < 4.78 is 24.6. The van der Waals surface area contributed by atoms with Gasteiger partial charge in [-0.05, 0) is 47.4 Å². The van der Waals surface area contributed by atoms with Crippen LogP contribution in [0.1, 0.15) is 41.3 Å². The van der Waals surface area contributed by atoms with E-state index in [-0.39, 0.29) is 10.8 Å². The van der Waals surface area contributed by atoms with Gasteiger partial charge in [0.05, 0.1) is 21.7 Å². The van der Waals surface area contributed by atoms with E-state index in [1.54, 1.807) is 17.0 Å². The van der Waals surface area contributed by atoms with E-state index < -0.39 is 9.84 Å². The van der Waals surface area contributed by atoms with E-state index in [1.807, 2.05) is 42.5 Å². The van der Waals surface area contributed by atoms with E-state index in [9.17, 15) is 13.2 Å². The van der Waals surface area contributed by atoms with Gasteiger partial charge in [0.2, 0.25) is 0 Å². The highest BCUT2D eigenvalue weighted by molar-refractivity contribution is 7.90. The van der Waals surface area contributed by atoms with Crippen LogP contribution in [0, 0.1) is 0 Å². The zero-order valence-corrected chi connectivity index (χ0v) is 19.8. The molecule has 0 radical (unpaired) electrons. The third-order valence-electron chi connectivity index (χ3n) is 5.25. The van der Waals surface area contributed by atoms with Crippen LogP contribution in [0.15, 0.2) is 77.7 Å². The van der Waals surface area contributed by atoms with Crippen LogP contribution in [-0.2, 0) is 16.4 Å². The van der Waals surface area contributed by atoms with Crippen LogP contribution in [0.2, 0.25) is 0 Å². The summed E-state index contributed by atoms with van der Waals surface area (Å²) in [7, 11) is -3.33. The summed E-state index contributed by atoms with van der Waals surface area (Å²) in [6.07, 6.45) is 1.15. The molecule has 0 spiro atoms. The largest absolute Gasteiger partial charge is 0.279 e. The molecule has 4 rings (SSSR count). The minimum Gasteiger partial charge on any atom is -0.279 e. The molecule has 1 aromatic heterocycles. The fourth-order valence-corrected chi connectivity index (χ4v) is 5.16. The van der Waals surface area contributed by atoms with Crippen molar-refractivity contribution in [2.75, 3.05) is 11.2 Å². The molecule has 0 saturated carbocycles. The lowest BCUT2D eigenvalue weighted by atomic mass is 10.0. The first-order valence-corrected chi connectivity index (χ1v) is 13.0. The van der Waals surface area contributed by atoms with Crippen molar-refractivity contribution in [1.29, 1.82) is 0 Å². The highest BCUT2D eigenvalue weighted by atomic mass is 32.2. The second kappa shape index (κ2) is 8.84. The van der Waals surface area contributed by atoms with Crippen LogP contribution < -0.4 is 4.90 Å². The number of fused-ring (bicyclic) bond motifs is 1. The van der Waals surface area contributed by atoms with Gasteiger partial charge in [0.25, 0.3) is 5.91 Å². The molecule has 0 unspecified atom stereocenters. The normalized spacial score (nSPS) is 11.8. The number of hydrogen-bond donors (Lipinski definition) is 0. The predicted molar refractivity (Wildman–Crippen MR) is 130 cm³/mol. The summed E-state index contributed by atoms with van der Waals surface area (Å²) in [6.45, 7) is 4.62. The number of benzene rings is 3. The number of aromatic nitrogens is 1. The van der Waals surface area contributed by atoms with Crippen molar-refractivity contribution in [2.45, 2.75) is 31.2 Å². The van der Waals surface area contributed by atoms with Crippen molar-refractivity contribution >= 4 is 42.4 Å². The van der Waals surface area contributed by atoms with Gasteiger partial charge < -0.3 is 0 Å². The number of anilines is 1. The summed E-state index contributed by atoms with van der Waals surface area (Å²) in [6, 6.07) is 21.9. The Hall–Kier alpha value is -3.03. The van der Waals surface area contributed by atoms with Crippen LogP contribution in [0.5, 0.6) is 0 Å². The summed E-state index contributed by atoms with van der Waals surface area (Å²) >= 11 is 1.48. The first kappa shape index (κ1) is 22.2. The Kier molecular flexibility index (Phi) is 6.13. The average molecular weight is 465 g/mol. The van der Waals surface area contributed by atoms with Gasteiger partial charge in [0.15, 0.2) is 15.0 Å². The number of amides is 1. The van der Waals surface area contributed by atoms with Gasteiger partial charge in [-0.15, -0.1) is 0 Å². The van der Waals surface area contributed by atoms with Crippen LogP contribution >= 0.6 is 11.3 Å². The van der Waals surface area contributed by atoms with Gasteiger partial charge in [-0.25, -0.2) is 13.4 Å². The Morgan fingerprint density at radius 1 is 0.969 bits per heavy atom. The SMILES string of the molecule is CC(C)c1cccc2sc(N(Cc3ccccc3)C(=O)c3ccc(S(C)(=O)=O)cc3)nc12. The molecule has 0 aliphatic carbocycles. The van der Waals surface area contributed by atoms with Gasteiger partial charge in [-0.1, -0.05) is 67.6 Å². The molecule has 5 nitrogen and oxygen atoms in total. The molecule has 0 N–H and O–H groups in total. The predicted octanol–water partition coefficient (Wildman–Crippen LogP) is 5.67. The van der Waals surface area contributed by atoms with Crippen LogP contribution in [0.4, 0.5) is 5.13 Å². The standard InChI is InChI=1S/C25H24N2O3S2/c1-17(2)21-10-7-11-22-23(21)26-25(31-22)27(16-18-8-5-4-6-9-18)24(28)19-12-14-20(15-13-19)32(3,29)30/h4-15,17H,16H2,1-3H3. The zero-order chi connectivity index (χ0) is 22.9. The molecule has 0 bridgehead atoms. The van der Waals surface area contributed by atoms with Gasteiger partial charge >= 0.3 is 0 Å². The molecule has 0 atom stereocenters. The lowest BCUT2D eigenvalue weighted by Gasteiger charge is -2.20. The maximum Gasteiger partial charge on any atom is 0.260 e. The number of nitrogens with zero attached hydrogens (tertiary/aromatic N) is 2. The molecule has 0 saturated heterocycles. The van der Waals surface area contributed by atoms with Crippen molar-refractivity contribution in [3.05, 3.63) is 89.5 Å². The maximum absolute atomic E-state index is 13.5. The molecule has 0 aliphatic rings. The fourth-order valence-electron chi connectivity index (χ4n) is 3.53. The monoisotopic (exact) mass is 464 g/mol. The highest BCUT2D eigenvalue weighted by Crippen LogP contribution is 2.34. The molecule has 164 valence electrons. The fraction of sp³-hybridized carbons (Fsp3) is 0.200. The van der Waals surface area contributed by atoms with Crippen molar-refractivity contribution in [3.63, 3.8) is 0 Å². The average Bonchev–Trinajstić information content (AvgIpc) is 3.21. The molecule has 4 aromatic rings. The topological polar surface area (TPSA) is 67.3 Å². The minimum absolute atomic E-state index is 0.185. The summed E-state index contributed by atoms with van der Waals surface area (Å²) in [5.74, 6) is 0.0921. The summed E-state index contributed by atoms with van der Waals surface area (Å²) in [4.78, 5) is 20.3. The maximum atomic E-state index is 13.5. The lowest BCUT2D eigenvalue weighted by molar-refractivity contribution is 0.0985. The number of thiazole rings is 1. The Balaban J connectivity index is 1.78. The summed E-state index contributed by atoms with van der Waals surface area (Å²) in [5, 5.41) is 0.620. The molecular formula is C25H24N2O3S2. The van der Waals surface area contributed by atoms with E-state index >= 15 is 0 Å². The third kappa shape index (κ3) is 4.59. The number of rotatable bonds is 6. The number of para-hydroxylation sites is 1. The Morgan fingerprint density at radius 3 is 2.28 bits per heavy atom. The number of carbonyl (C=O) groups is 1. The number of carbonyl (C=O) groups excluding carboxylic acids is 1. The molecule has 7 heteroatoms. The molecule has 0 aliphatic heterocycles. The van der Waals surface area contributed by atoms with Gasteiger partial charge in [-0.3, -0.25) is 9.69 Å².